The number of hydrogen-bond acceptors (Lipinski definition) is 4. The van der Waals surface area contributed by atoms with Crippen LogP contribution in [0.2, 0.25) is 0 Å². The van der Waals surface area contributed by atoms with Gasteiger partial charge in [-0.3, -0.25) is 14.5 Å². The average Bonchev–Trinajstić information content (AvgIpc) is 3.28. The Kier molecular flexibility index (Phi) is 5.32. The molecule has 1 N–H and O–H groups in total. The Morgan fingerprint density at radius 1 is 1.21 bits per heavy atom. The van der Waals surface area contributed by atoms with Gasteiger partial charge in [-0.05, 0) is 44.6 Å². The summed E-state index contributed by atoms with van der Waals surface area (Å²) in [6.07, 6.45) is 6.64. The SMILES string of the molecule is CN1C(=O)CC(C(=O)O)C12CCN(Cc1ccccc1OC1CCCC1)CC2. The van der Waals surface area contributed by atoms with Crippen molar-refractivity contribution in [1.82, 2.24) is 9.80 Å². The van der Waals surface area contributed by atoms with Crippen LogP contribution in [-0.4, -0.2) is 58.6 Å². The summed E-state index contributed by atoms with van der Waals surface area (Å²) in [4.78, 5) is 28.0. The summed E-state index contributed by atoms with van der Waals surface area (Å²) in [6.45, 7) is 2.38. The molecule has 152 valence electrons. The van der Waals surface area contributed by atoms with Gasteiger partial charge in [0.15, 0.2) is 0 Å². The quantitative estimate of drug-likeness (QED) is 0.843. The molecule has 1 aromatic carbocycles. The van der Waals surface area contributed by atoms with Crippen LogP contribution in [-0.2, 0) is 16.1 Å². The normalized spacial score (nSPS) is 25.5. The van der Waals surface area contributed by atoms with Gasteiger partial charge >= 0.3 is 5.97 Å². The minimum absolute atomic E-state index is 0.0452. The number of ether oxygens (including phenoxy) is 1. The van der Waals surface area contributed by atoms with E-state index in [4.69, 9.17) is 4.74 Å². The number of carboxylic acids is 1. The van der Waals surface area contributed by atoms with Gasteiger partial charge < -0.3 is 14.7 Å². The Bertz CT molecular complexity index is 736. The van der Waals surface area contributed by atoms with Gasteiger partial charge in [-0.2, -0.15) is 0 Å². The number of hydrogen-bond donors (Lipinski definition) is 1. The van der Waals surface area contributed by atoms with Crippen LogP contribution in [0.25, 0.3) is 0 Å². The molecule has 3 fully saturated rings. The van der Waals surface area contributed by atoms with E-state index in [9.17, 15) is 14.7 Å². The third-order valence-electron chi connectivity index (χ3n) is 7.05. The topological polar surface area (TPSA) is 70.1 Å². The van der Waals surface area contributed by atoms with Gasteiger partial charge in [-0.15, -0.1) is 0 Å². The van der Waals surface area contributed by atoms with E-state index in [0.717, 1.165) is 38.2 Å². The summed E-state index contributed by atoms with van der Waals surface area (Å²) >= 11 is 0. The fourth-order valence-electron chi connectivity index (χ4n) is 5.26. The van der Waals surface area contributed by atoms with E-state index in [1.165, 1.54) is 18.4 Å². The highest BCUT2D eigenvalue weighted by Crippen LogP contribution is 2.43. The molecule has 1 aliphatic carbocycles. The summed E-state index contributed by atoms with van der Waals surface area (Å²) in [6, 6.07) is 8.25. The highest BCUT2D eigenvalue weighted by molar-refractivity contribution is 5.88. The van der Waals surface area contributed by atoms with E-state index in [-0.39, 0.29) is 12.3 Å². The van der Waals surface area contributed by atoms with E-state index in [2.05, 4.69) is 17.0 Å². The van der Waals surface area contributed by atoms with Crippen molar-refractivity contribution in [3.8, 4) is 5.75 Å². The number of carbonyl (C=O) groups is 2. The van der Waals surface area contributed by atoms with Gasteiger partial charge in [0.25, 0.3) is 0 Å². The molecule has 1 unspecified atom stereocenters. The number of carboxylic acid groups (broad SMARTS) is 1. The van der Waals surface area contributed by atoms with Gasteiger partial charge in [0.1, 0.15) is 5.75 Å². The summed E-state index contributed by atoms with van der Waals surface area (Å²) in [7, 11) is 1.77. The molecule has 1 amide bonds. The van der Waals surface area contributed by atoms with Crippen molar-refractivity contribution in [2.45, 2.75) is 63.1 Å². The Hall–Kier alpha value is -2.08. The molecule has 1 aromatic rings. The third kappa shape index (κ3) is 3.50. The number of likely N-dealkylation sites (tertiary alicyclic amines) is 2. The maximum atomic E-state index is 12.2. The van der Waals surface area contributed by atoms with Crippen molar-refractivity contribution in [3.63, 3.8) is 0 Å². The maximum Gasteiger partial charge on any atom is 0.309 e. The lowest BCUT2D eigenvalue weighted by atomic mass is 9.77. The molecular formula is C22H30N2O4. The monoisotopic (exact) mass is 386 g/mol. The first-order valence-corrected chi connectivity index (χ1v) is 10.5. The minimum Gasteiger partial charge on any atom is -0.490 e. The second-order valence-corrected chi connectivity index (χ2v) is 8.56. The molecule has 6 heteroatoms. The zero-order valence-corrected chi connectivity index (χ0v) is 16.6. The molecular weight excluding hydrogens is 356 g/mol. The van der Waals surface area contributed by atoms with Crippen LogP contribution in [0.1, 0.15) is 50.5 Å². The van der Waals surface area contributed by atoms with Crippen LogP contribution in [0.5, 0.6) is 5.75 Å². The van der Waals surface area contributed by atoms with Crippen molar-refractivity contribution in [2.75, 3.05) is 20.1 Å². The summed E-state index contributed by atoms with van der Waals surface area (Å²) in [5.74, 6) is -0.506. The Balaban J connectivity index is 1.42. The third-order valence-corrected chi connectivity index (χ3v) is 7.05. The van der Waals surface area contributed by atoms with Gasteiger partial charge in [0, 0.05) is 38.7 Å². The average molecular weight is 386 g/mol. The lowest BCUT2D eigenvalue weighted by molar-refractivity contribution is -0.146. The van der Waals surface area contributed by atoms with Crippen molar-refractivity contribution in [3.05, 3.63) is 29.8 Å². The summed E-state index contributed by atoms with van der Waals surface area (Å²) < 4.78 is 6.26. The van der Waals surface area contributed by atoms with Gasteiger partial charge in [-0.25, -0.2) is 0 Å². The minimum atomic E-state index is -0.846. The second-order valence-electron chi connectivity index (χ2n) is 8.56. The highest BCUT2D eigenvalue weighted by atomic mass is 16.5. The molecule has 0 aromatic heterocycles. The first-order valence-electron chi connectivity index (χ1n) is 10.5. The number of amides is 1. The number of rotatable bonds is 5. The first kappa shape index (κ1) is 19.2. The molecule has 2 saturated heterocycles. The summed E-state index contributed by atoms with van der Waals surface area (Å²) in [5, 5.41) is 9.63. The fourth-order valence-corrected chi connectivity index (χ4v) is 5.26. The second kappa shape index (κ2) is 7.74. The van der Waals surface area contributed by atoms with Crippen molar-refractivity contribution < 1.29 is 19.4 Å². The molecule has 28 heavy (non-hydrogen) atoms. The van der Waals surface area contributed by atoms with E-state index >= 15 is 0 Å². The van der Waals surface area contributed by atoms with Gasteiger partial charge in [0.05, 0.1) is 17.6 Å². The number of nitrogens with zero attached hydrogens (tertiary/aromatic N) is 2. The number of piperidine rings is 1. The molecule has 2 heterocycles. The van der Waals surface area contributed by atoms with Crippen molar-refractivity contribution >= 4 is 11.9 Å². The predicted molar refractivity (Wildman–Crippen MR) is 105 cm³/mol. The zero-order valence-electron chi connectivity index (χ0n) is 16.6. The fraction of sp³-hybridized carbons (Fsp3) is 0.636. The number of benzene rings is 1. The molecule has 1 spiro atoms. The Morgan fingerprint density at radius 2 is 1.89 bits per heavy atom. The molecule has 6 nitrogen and oxygen atoms in total. The first-order chi connectivity index (χ1) is 13.5. The van der Waals surface area contributed by atoms with E-state index in [0.29, 0.717) is 18.9 Å². The molecule has 1 saturated carbocycles. The number of carbonyl (C=O) groups excluding carboxylic acids is 1. The van der Waals surface area contributed by atoms with Crippen LogP contribution >= 0.6 is 0 Å². The standard InChI is InChI=1S/C22H30N2O4/c1-23-20(25)14-18(21(26)27)22(23)10-12-24(13-11-22)15-16-6-2-5-9-19(16)28-17-7-3-4-8-17/h2,5-6,9,17-18H,3-4,7-8,10-15H2,1H3,(H,26,27). The van der Waals surface area contributed by atoms with E-state index in [1.54, 1.807) is 11.9 Å². The Labute approximate surface area is 166 Å². The molecule has 4 rings (SSSR count). The van der Waals surface area contributed by atoms with Gasteiger partial charge in [-0.1, -0.05) is 18.2 Å². The maximum absolute atomic E-state index is 12.2. The molecule has 0 radical (unpaired) electrons. The lowest BCUT2D eigenvalue weighted by Crippen LogP contribution is -2.55. The van der Waals surface area contributed by atoms with E-state index in [1.807, 2.05) is 12.1 Å². The molecule has 1 atom stereocenters. The highest BCUT2D eigenvalue weighted by Gasteiger charge is 2.55. The molecule has 3 aliphatic rings. The lowest BCUT2D eigenvalue weighted by Gasteiger charge is -2.45. The summed E-state index contributed by atoms with van der Waals surface area (Å²) in [5.41, 5.74) is 0.662. The van der Waals surface area contributed by atoms with Crippen molar-refractivity contribution in [2.24, 2.45) is 5.92 Å². The van der Waals surface area contributed by atoms with Crippen LogP contribution in [0.15, 0.2) is 24.3 Å². The largest absolute Gasteiger partial charge is 0.490 e. The number of aliphatic carboxylic acids is 1. The smallest absolute Gasteiger partial charge is 0.309 e. The van der Waals surface area contributed by atoms with Gasteiger partial charge in [0.2, 0.25) is 5.91 Å². The van der Waals surface area contributed by atoms with Crippen molar-refractivity contribution in [1.29, 1.82) is 0 Å². The van der Waals surface area contributed by atoms with Crippen LogP contribution < -0.4 is 4.74 Å². The van der Waals surface area contributed by atoms with Crippen LogP contribution in [0, 0.1) is 5.92 Å². The number of para-hydroxylation sites is 1. The molecule has 2 aliphatic heterocycles. The molecule has 0 bridgehead atoms. The Morgan fingerprint density at radius 3 is 2.57 bits per heavy atom. The van der Waals surface area contributed by atoms with Crippen LogP contribution in [0.3, 0.4) is 0 Å². The zero-order chi connectivity index (χ0) is 19.7. The van der Waals surface area contributed by atoms with Crippen LogP contribution in [0.4, 0.5) is 0 Å². The predicted octanol–water partition coefficient (Wildman–Crippen LogP) is 2.91. The van der Waals surface area contributed by atoms with E-state index < -0.39 is 17.4 Å².